The highest BCUT2D eigenvalue weighted by molar-refractivity contribution is 7.13. The van der Waals surface area contributed by atoms with Crippen molar-refractivity contribution in [3.63, 3.8) is 0 Å². The maximum Gasteiger partial charge on any atom is 0.307 e. The SMILES string of the molecule is O=C(Nc1ccc(-c2sc(=O)[nH]c2O)cc1)c1ccccc1. The van der Waals surface area contributed by atoms with Crippen molar-refractivity contribution in [3.8, 4) is 16.3 Å². The maximum absolute atomic E-state index is 12.0. The quantitative estimate of drug-likeness (QED) is 0.695. The van der Waals surface area contributed by atoms with Crippen LogP contribution in [0.5, 0.6) is 5.88 Å². The maximum atomic E-state index is 12.0. The van der Waals surface area contributed by atoms with E-state index in [1.54, 1.807) is 48.5 Å². The molecule has 0 aliphatic carbocycles. The molecule has 0 saturated heterocycles. The number of carbonyl (C=O) groups excluding carboxylic acids is 1. The molecule has 0 fully saturated rings. The lowest BCUT2D eigenvalue weighted by Crippen LogP contribution is -2.11. The molecule has 0 aliphatic rings. The van der Waals surface area contributed by atoms with Crippen LogP contribution in [0.4, 0.5) is 5.69 Å². The fourth-order valence-corrected chi connectivity index (χ4v) is 2.75. The van der Waals surface area contributed by atoms with E-state index in [1.807, 2.05) is 6.07 Å². The van der Waals surface area contributed by atoms with Crippen molar-refractivity contribution in [2.24, 2.45) is 0 Å². The first-order valence-corrected chi connectivity index (χ1v) is 7.34. The summed E-state index contributed by atoms with van der Waals surface area (Å²) in [7, 11) is 0. The van der Waals surface area contributed by atoms with E-state index in [2.05, 4.69) is 10.3 Å². The summed E-state index contributed by atoms with van der Waals surface area (Å²) in [5.41, 5.74) is 1.92. The van der Waals surface area contributed by atoms with Gasteiger partial charge >= 0.3 is 4.87 Å². The normalized spacial score (nSPS) is 10.4. The minimum absolute atomic E-state index is 0.143. The number of amides is 1. The zero-order valence-electron chi connectivity index (χ0n) is 11.4. The van der Waals surface area contributed by atoms with E-state index in [9.17, 15) is 14.7 Å². The monoisotopic (exact) mass is 312 g/mol. The molecular formula is C16H12N2O3S. The third kappa shape index (κ3) is 2.91. The number of aromatic nitrogens is 1. The average Bonchev–Trinajstić information content (AvgIpc) is 2.87. The summed E-state index contributed by atoms with van der Waals surface area (Å²) in [5.74, 6) is -0.335. The first-order valence-electron chi connectivity index (χ1n) is 6.52. The fraction of sp³-hybridized carbons (Fsp3) is 0. The van der Waals surface area contributed by atoms with Crippen LogP contribution < -0.4 is 10.2 Å². The van der Waals surface area contributed by atoms with Crippen LogP contribution in [0.1, 0.15) is 10.4 Å². The minimum atomic E-state index is -0.311. The molecule has 3 rings (SSSR count). The van der Waals surface area contributed by atoms with Crippen LogP contribution >= 0.6 is 11.3 Å². The molecule has 2 aromatic carbocycles. The number of hydrogen-bond donors (Lipinski definition) is 3. The second kappa shape index (κ2) is 5.87. The predicted molar refractivity (Wildman–Crippen MR) is 86.4 cm³/mol. The number of hydrogen-bond acceptors (Lipinski definition) is 4. The van der Waals surface area contributed by atoms with Crippen molar-refractivity contribution in [2.75, 3.05) is 5.32 Å². The lowest BCUT2D eigenvalue weighted by atomic mass is 10.1. The molecule has 5 nitrogen and oxygen atoms in total. The van der Waals surface area contributed by atoms with E-state index in [1.165, 1.54) is 0 Å². The Morgan fingerprint density at radius 1 is 1.05 bits per heavy atom. The van der Waals surface area contributed by atoms with Crippen molar-refractivity contribution in [3.05, 3.63) is 69.8 Å². The molecule has 0 unspecified atom stereocenters. The molecule has 3 aromatic rings. The second-order valence-electron chi connectivity index (χ2n) is 4.59. The van der Waals surface area contributed by atoms with Crippen LogP contribution in [0.3, 0.4) is 0 Å². The van der Waals surface area contributed by atoms with Crippen molar-refractivity contribution in [1.82, 2.24) is 4.98 Å². The summed E-state index contributed by atoms with van der Waals surface area (Å²) in [6, 6.07) is 15.8. The summed E-state index contributed by atoms with van der Waals surface area (Å²) in [5, 5.41) is 12.4. The fourth-order valence-electron chi connectivity index (χ4n) is 2.01. The van der Waals surface area contributed by atoms with Gasteiger partial charge in [-0.2, -0.15) is 0 Å². The first kappa shape index (κ1) is 14.1. The van der Waals surface area contributed by atoms with Gasteiger partial charge in [-0.05, 0) is 29.8 Å². The van der Waals surface area contributed by atoms with Gasteiger partial charge in [0, 0.05) is 11.3 Å². The number of nitrogens with one attached hydrogen (secondary N) is 2. The van der Waals surface area contributed by atoms with E-state index >= 15 is 0 Å². The van der Waals surface area contributed by atoms with Crippen molar-refractivity contribution < 1.29 is 9.90 Å². The van der Waals surface area contributed by atoms with Crippen LogP contribution in [0.25, 0.3) is 10.4 Å². The van der Waals surface area contributed by atoms with Gasteiger partial charge in [0.15, 0.2) is 0 Å². The van der Waals surface area contributed by atoms with Crippen molar-refractivity contribution >= 4 is 22.9 Å². The molecule has 0 saturated carbocycles. The summed E-state index contributed by atoms with van der Waals surface area (Å²) in [6.45, 7) is 0. The van der Waals surface area contributed by atoms with Gasteiger partial charge in [0.05, 0.1) is 4.88 Å². The smallest absolute Gasteiger partial charge is 0.307 e. The van der Waals surface area contributed by atoms with Gasteiger partial charge in [-0.3, -0.25) is 14.6 Å². The molecule has 6 heteroatoms. The zero-order valence-corrected chi connectivity index (χ0v) is 12.2. The highest BCUT2D eigenvalue weighted by atomic mass is 32.1. The predicted octanol–water partition coefficient (Wildman–Crippen LogP) is 3.06. The number of aromatic amines is 1. The average molecular weight is 312 g/mol. The molecule has 1 aromatic heterocycles. The molecule has 1 heterocycles. The highest BCUT2D eigenvalue weighted by Crippen LogP contribution is 2.30. The lowest BCUT2D eigenvalue weighted by Gasteiger charge is -2.06. The Bertz CT molecular complexity index is 851. The number of H-pyrrole nitrogens is 1. The molecule has 22 heavy (non-hydrogen) atoms. The Balaban J connectivity index is 1.79. The van der Waals surface area contributed by atoms with E-state index in [-0.39, 0.29) is 16.7 Å². The zero-order chi connectivity index (χ0) is 15.5. The molecular weight excluding hydrogens is 300 g/mol. The van der Waals surface area contributed by atoms with Gasteiger partial charge in [0.25, 0.3) is 5.91 Å². The van der Waals surface area contributed by atoms with Gasteiger partial charge < -0.3 is 10.4 Å². The van der Waals surface area contributed by atoms with Gasteiger partial charge in [0.1, 0.15) is 0 Å². The Morgan fingerprint density at radius 2 is 1.73 bits per heavy atom. The van der Waals surface area contributed by atoms with Gasteiger partial charge in [-0.25, -0.2) is 0 Å². The first-order chi connectivity index (χ1) is 10.6. The lowest BCUT2D eigenvalue weighted by molar-refractivity contribution is 0.102. The summed E-state index contributed by atoms with van der Waals surface area (Å²) >= 11 is 0.936. The topological polar surface area (TPSA) is 82.2 Å². The van der Waals surface area contributed by atoms with Gasteiger partial charge in [-0.15, -0.1) is 0 Å². The molecule has 0 spiro atoms. The largest absolute Gasteiger partial charge is 0.493 e. The van der Waals surface area contributed by atoms with E-state index < -0.39 is 0 Å². The molecule has 3 N–H and O–H groups in total. The van der Waals surface area contributed by atoms with Crippen LogP contribution in [-0.4, -0.2) is 16.0 Å². The van der Waals surface area contributed by atoms with Crippen LogP contribution in [0.2, 0.25) is 0 Å². The summed E-state index contributed by atoms with van der Waals surface area (Å²) in [4.78, 5) is 25.7. The van der Waals surface area contributed by atoms with Gasteiger partial charge in [-0.1, -0.05) is 41.7 Å². The second-order valence-corrected chi connectivity index (χ2v) is 5.57. The number of rotatable bonds is 3. The number of thiazole rings is 1. The Hall–Kier alpha value is -2.86. The van der Waals surface area contributed by atoms with Crippen LogP contribution in [0, 0.1) is 0 Å². The molecule has 110 valence electrons. The molecule has 0 bridgehead atoms. The van der Waals surface area contributed by atoms with E-state index in [0.29, 0.717) is 21.7 Å². The third-order valence-corrected chi connectivity index (χ3v) is 3.99. The Kier molecular flexibility index (Phi) is 3.76. The summed E-state index contributed by atoms with van der Waals surface area (Å²) < 4.78 is 0. The van der Waals surface area contributed by atoms with E-state index in [0.717, 1.165) is 11.3 Å². The number of carbonyl (C=O) groups is 1. The Morgan fingerprint density at radius 3 is 2.32 bits per heavy atom. The highest BCUT2D eigenvalue weighted by Gasteiger charge is 2.10. The molecule has 0 atom stereocenters. The van der Waals surface area contributed by atoms with Crippen LogP contribution in [-0.2, 0) is 0 Å². The number of benzene rings is 2. The van der Waals surface area contributed by atoms with Crippen molar-refractivity contribution in [1.29, 1.82) is 0 Å². The molecule has 0 aliphatic heterocycles. The number of aromatic hydroxyl groups is 1. The van der Waals surface area contributed by atoms with Crippen molar-refractivity contribution in [2.45, 2.75) is 0 Å². The third-order valence-electron chi connectivity index (χ3n) is 3.07. The summed E-state index contributed by atoms with van der Waals surface area (Å²) in [6.07, 6.45) is 0. The van der Waals surface area contributed by atoms with E-state index in [4.69, 9.17) is 0 Å². The minimum Gasteiger partial charge on any atom is -0.493 e. The van der Waals surface area contributed by atoms with Crippen LogP contribution in [0.15, 0.2) is 59.4 Å². The number of anilines is 1. The standard InChI is InChI=1S/C16H12N2O3S/c19-14(11-4-2-1-3-5-11)17-12-8-6-10(7-9-12)13-15(20)18-16(21)22-13/h1-9,20H,(H,17,19)(H,18,21). The molecule has 1 amide bonds. The van der Waals surface area contributed by atoms with Gasteiger partial charge in [0.2, 0.25) is 5.88 Å². The Labute approximate surface area is 129 Å². The molecule has 0 radical (unpaired) electrons.